The molecule has 0 aliphatic carbocycles. The van der Waals surface area contributed by atoms with E-state index in [1.54, 1.807) is 0 Å². The molecule has 0 rings (SSSR count). The van der Waals surface area contributed by atoms with Gasteiger partial charge in [-0.2, -0.15) is 0 Å². The van der Waals surface area contributed by atoms with Gasteiger partial charge in [0.1, 0.15) is 0 Å². The average Bonchev–Trinajstić information content (AvgIpc) is 2.19. The van der Waals surface area contributed by atoms with Crippen LogP contribution in [-0.2, 0) is 0 Å². The maximum absolute atomic E-state index is 3.54. The lowest BCUT2D eigenvalue weighted by atomic mass is 10.1. The summed E-state index contributed by atoms with van der Waals surface area (Å²) in [6, 6.07) is 0.678. The Kier molecular flexibility index (Phi) is 8.01. The van der Waals surface area contributed by atoms with Crippen LogP contribution >= 0.6 is 0 Å². The molecule has 0 fully saturated rings. The highest BCUT2D eigenvalue weighted by atomic mass is 15.2. The van der Waals surface area contributed by atoms with Crippen molar-refractivity contribution in [3.8, 4) is 0 Å². The highest BCUT2D eigenvalue weighted by Gasteiger charge is 2.11. The number of nitrogens with one attached hydrogen (secondary N) is 1. The molecule has 1 unspecified atom stereocenters. The topological polar surface area (TPSA) is 18.5 Å². The molecule has 0 aromatic heterocycles. The molecule has 17 heavy (non-hydrogen) atoms. The summed E-state index contributed by atoms with van der Waals surface area (Å²) in [6.45, 7) is 12.4. The summed E-state index contributed by atoms with van der Waals surface area (Å²) in [5.41, 5.74) is 0.250. The van der Waals surface area contributed by atoms with E-state index in [0.29, 0.717) is 6.04 Å². The molecule has 0 aliphatic heterocycles. The van der Waals surface area contributed by atoms with Gasteiger partial charge in [-0.15, -0.1) is 0 Å². The van der Waals surface area contributed by atoms with Gasteiger partial charge in [-0.25, -0.2) is 0 Å². The molecule has 0 radical (unpaired) electrons. The molecule has 1 N–H and O–H groups in total. The zero-order valence-corrected chi connectivity index (χ0v) is 13.0. The van der Waals surface area contributed by atoms with Crippen molar-refractivity contribution < 1.29 is 0 Å². The molecule has 104 valence electrons. The molecule has 0 aromatic rings. The summed E-state index contributed by atoms with van der Waals surface area (Å²) in [5, 5.41) is 3.54. The quantitative estimate of drug-likeness (QED) is 0.658. The fraction of sp³-hybridized carbons (Fsp3) is 1.00. The van der Waals surface area contributed by atoms with Crippen molar-refractivity contribution in [1.82, 2.24) is 15.1 Å². The summed E-state index contributed by atoms with van der Waals surface area (Å²) in [6.07, 6.45) is 2.53. The van der Waals surface area contributed by atoms with Crippen molar-refractivity contribution in [1.29, 1.82) is 0 Å². The summed E-state index contributed by atoms with van der Waals surface area (Å²) in [5.74, 6) is 0. The largest absolute Gasteiger partial charge is 0.312 e. The highest BCUT2D eigenvalue weighted by molar-refractivity contribution is 4.71. The summed E-state index contributed by atoms with van der Waals surface area (Å²) >= 11 is 0. The molecule has 0 spiro atoms. The van der Waals surface area contributed by atoms with E-state index in [0.717, 1.165) is 19.6 Å². The van der Waals surface area contributed by atoms with Crippen LogP contribution in [0.4, 0.5) is 0 Å². The lowest BCUT2D eigenvalue weighted by molar-refractivity contribution is 0.216. The highest BCUT2D eigenvalue weighted by Crippen LogP contribution is 2.05. The summed E-state index contributed by atoms with van der Waals surface area (Å²) in [7, 11) is 6.49. The predicted molar refractivity (Wildman–Crippen MR) is 77.6 cm³/mol. The van der Waals surface area contributed by atoms with Crippen LogP contribution in [0.1, 0.15) is 40.5 Å². The van der Waals surface area contributed by atoms with E-state index in [4.69, 9.17) is 0 Å². The molecule has 3 heteroatoms. The molecule has 3 nitrogen and oxygen atoms in total. The number of nitrogens with zero attached hydrogens (tertiary/aromatic N) is 2. The summed E-state index contributed by atoms with van der Waals surface area (Å²) in [4.78, 5) is 4.70. The Morgan fingerprint density at radius 3 is 2.12 bits per heavy atom. The van der Waals surface area contributed by atoms with Crippen LogP contribution in [0.3, 0.4) is 0 Å². The van der Waals surface area contributed by atoms with Gasteiger partial charge >= 0.3 is 0 Å². The minimum Gasteiger partial charge on any atom is -0.312 e. The van der Waals surface area contributed by atoms with Crippen LogP contribution in [0.25, 0.3) is 0 Å². The smallest absolute Gasteiger partial charge is 0.0109 e. The van der Waals surface area contributed by atoms with E-state index in [1.165, 1.54) is 12.8 Å². The van der Waals surface area contributed by atoms with Crippen molar-refractivity contribution >= 4 is 0 Å². The molecule has 0 amide bonds. The third kappa shape index (κ3) is 10.7. The van der Waals surface area contributed by atoms with E-state index in [-0.39, 0.29) is 5.54 Å². The fourth-order valence-corrected chi connectivity index (χ4v) is 1.66. The van der Waals surface area contributed by atoms with Crippen LogP contribution in [0.5, 0.6) is 0 Å². The van der Waals surface area contributed by atoms with Gasteiger partial charge in [0.15, 0.2) is 0 Å². The maximum atomic E-state index is 3.54. The molecular weight excluding hydrogens is 210 g/mol. The van der Waals surface area contributed by atoms with Gasteiger partial charge in [0.05, 0.1) is 0 Å². The fourth-order valence-electron chi connectivity index (χ4n) is 1.66. The van der Waals surface area contributed by atoms with E-state index in [9.17, 15) is 0 Å². The lowest BCUT2D eigenvalue weighted by Gasteiger charge is -2.27. The average molecular weight is 243 g/mol. The number of rotatable bonds is 8. The first-order chi connectivity index (χ1) is 7.72. The summed E-state index contributed by atoms with van der Waals surface area (Å²) < 4.78 is 0. The first-order valence-electron chi connectivity index (χ1n) is 6.82. The number of likely N-dealkylation sites (N-methyl/N-ethyl adjacent to an activating group) is 2. The van der Waals surface area contributed by atoms with Gasteiger partial charge in [-0.1, -0.05) is 0 Å². The Morgan fingerprint density at radius 2 is 1.65 bits per heavy atom. The standard InChI is InChI=1S/C14H33N3/c1-13(17(7)12-11-16(5)6)9-8-10-15-14(2,3)4/h13,15H,8-12H2,1-7H3. The first-order valence-corrected chi connectivity index (χ1v) is 6.82. The monoisotopic (exact) mass is 243 g/mol. The second kappa shape index (κ2) is 8.06. The van der Waals surface area contributed by atoms with Gasteiger partial charge in [0, 0.05) is 24.7 Å². The molecule has 0 bridgehead atoms. The van der Waals surface area contributed by atoms with Crippen LogP contribution in [-0.4, -0.2) is 62.2 Å². The van der Waals surface area contributed by atoms with E-state index in [1.807, 2.05) is 0 Å². The Hall–Kier alpha value is -0.120. The molecular formula is C14H33N3. The molecule has 0 saturated heterocycles. The van der Waals surface area contributed by atoms with Gasteiger partial charge < -0.3 is 15.1 Å². The van der Waals surface area contributed by atoms with Crippen molar-refractivity contribution in [2.24, 2.45) is 0 Å². The first kappa shape index (κ1) is 16.9. The minimum atomic E-state index is 0.250. The number of hydrogen-bond acceptors (Lipinski definition) is 3. The SMILES string of the molecule is CC(CCCNC(C)(C)C)N(C)CCN(C)C. The third-order valence-corrected chi connectivity index (χ3v) is 3.11. The second-order valence-corrected chi connectivity index (χ2v) is 6.45. The van der Waals surface area contributed by atoms with Crippen molar-refractivity contribution in [3.05, 3.63) is 0 Å². The van der Waals surface area contributed by atoms with Crippen LogP contribution in [0.2, 0.25) is 0 Å². The zero-order valence-electron chi connectivity index (χ0n) is 13.0. The van der Waals surface area contributed by atoms with E-state index >= 15 is 0 Å². The normalized spacial score (nSPS) is 14.6. The van der Waals surface area contributed by atoms with Crippen molar-refractivity contribution in [2.75, 3.05) is 40.8 Å². The Bertz CT molecular complexity index is 184. The molecule has 0 heterocycles. The van der Waals surface area contributed by atoms with E-state index in [2.05, 4.69) is 64.0 Å². The van der Waals surface area contributed by atoms with Crippen molar-refractivity contribution in [3.63, 3.8) is 0 Å². The molecule has 1 atom stereocenters. The Morgan fingerprint density at radius 1 is 1.06 bits per heavy atom. The van der Waals surface area contributed by atoms with Gasteiger partial charge in [-0.05, 0) is 68.2 Å². The molecule has 0 aliphatic rings. The van der Waals surface area contributed by atoms with Crippen molar-refractivity contribution in [2.45, 2.75) is 52.1 Å². The van der Waals surface area contributed by atoms with Gasteiger partial charge in [-0.3, -0.25) is 0 Å². The van der Waals surface area contributed by atoms with Crippen LogP contribution < -0.4 is 5.32 Å². The number of hydrogen-bond donors (Lipinski definition) is 1. The van der Waals surface area contributed by atoms with E-state index < -0.39 is 0 Å². The lowest BCUT2D eigenvalue weighted by Crippen LogP contribution is -2.38. The maximum Gasteiger partial charge on any atom is 0.0109 e. The van der Waals surface area contributed by atoms with Crippen LogP contribution in [0.15, 0.2) is 0 Å². The van der Waals surface area contributed by atoms with Gasteiger partial charge in [0.25, 0.3) is 0 Å². The molecule has 0 saturated carbocycles. The second-order valence-electron chi connectivity index (χ2n) is 6.45. The predicted octanol–water partition coefficient (Wildman–Crippen LogP) is 2.04. The third-order valence-electron chi connectivity index (χ3n) is 3.11. The minimum absolute atomic E-state index is 0.250. The Balaban J connectivity index is 3.60. The van der Waals surface area contributed by atoms with Gasteiger partial charge in [0.2, 0.25) is 0 Å². The Labute approximate surface area is 109 Å². The zero-order chi connectivity index (χ0) is 13.5. The molecule has 0 aromatic carbocycles. The van der Waals surface area contributed by atoms with Crippen LogP contribution in [0, 0.1) is 0 Å².